The van der Waals surface area contributed by atoms with Crippen molar-refractivity contribution in [2.24, 2.45) is 4.99 Å². The second-order valence-electron chi connectivity index (χ2n) is 1.89. The van der Waals surface area contributed by atoms with Gasteiger partial charge in [-0.15, -0.1) is 0 Å². The van der Waals surface area contributed by atoms with Gasteiger partial charge < -0.3 is 0 Å². The number of hydrogen-bond acceptors (Lipinski definition) is 1. The fourth-order valence-corrected chi connectivity index (χ4v) is 0.722. The number of hydrogen-bond donors (Lipinski definition) is 0. The fraction of sp³-hybridized carbons (Fsp3) is 0.250. The molecule has 0 spiro atoms. The van der Waals surface area contributed by atoms with Crippen LogP contribution in [0.4, 0.5) is 0 Å². The molecule has 0 N–H and O–H groups in total. The number of rotatable bonds is 4. The lowest BCUT2D eigenvalue weighted by Crippen LogP contribution is -1.80. The monoisotopic (exact) mass is 177 g/mol. The highest BCUT2D eigenvalue weighted by molar-refractivity contribution is 5.44. The SMILES string of the molecule is C=C/C=C(N=C)\C(C=C)=C/C.CC. The van der Waals surface area contributed by atoms with Gasteiger partial charge in [0.05, 0.1) is 5.70 Å². The van der Waals surface area contributed by atoms with Crippen molar-refractivity contribution in [1.82, 2.24) is 0 Å². The summed E-state index contributed by atoms with van der Waals surface area (Å²) in [5.41, 5.74) is 1.78. The van der Waals surface area contributed by atoms with Crippen LogP contribution in [0.1, 0.15) is 20.8 Å². The van der Waals surface area contributed by atoms with Crippen LogP contribution in [0.15, 0.2) is 53.7 Å². The van der Waals surface area contributed by atoms with Crippen molar-refractivity contribution in [2.45, 2.75) is 20.8 Å². The molecule has 0 aliphatic heterocycles. The Hall–Kier alpha value is -1.37. The summed E-state index contributed by atoms with van der Waals surface area (Å²) in [5.74, 6) is 0. The third kappa shape index (κ3) is 5.85. The first-order chi connectivity index (χ1) is 6.29. The van der Waals surface area contributed by atoms with E-state index in [-0.39, 0.29) is 0 Å². The van der Waals surface area contributed by atoms with E-state index in [9.17, 15) is 0 Å². The zero-order chi connectivity index (χ0) is 10.7. The molecule has 0 aromatic carbocycles. The minimum Gasteiger partial charge on any atom is -0.264 e. The lowest BCUT2D eigenvalue weighted by Gasteiger charge is -1.98. The predicted octanol–water partition coefficient (Wildman–Crippen LogP) is 3.92. The molecule has 0 aliphatic carbocycles. The zero-order valence-corrected chi connectivity index (χ0v) is 8.88. The van der Waals surface area contributed by atoms with Gasteiger partial charge in [-0.05, 0) is 25.3 Å². The molecule has 1 heteroatoms. The van der Waals surface area contributed by atoms with Gasteiger partial charge in [-0.1, -0.05) is 45.2 Å². The van der Waals surface area contributed by atoms with E-state index in [1.165, 1.54) is 0 Å². The second-order valence-corrected chi connectivity index (χ2v) is 1.89. The van der Waals surface area contributed by atoms with E-state index in [1.54, 1.807) is 18.2 Å². The Morgan fingerprint density at radius 2 is 1.77 bits per heavy atom. The summed E-state index contributed by atoms with van der Waals surface area (Å²) in [5, 5.41) is 0. The predicted molar refractivity (Wildman–Crippen MR) is 63.1 cm³/mol. The summed E-state index contributed by atoms with van der Waals surface area (Å²) >= 11 is 0. The van der Waals surface area contributed by atoms with Crippen molar-refractivity contribution in [2.75, 3.05) is 0 Å². The number of nitrogens with zero attached hydrogens (tertiary/aromatic N) is 1. The maximum atomic E-state index is 3.82. The van der Waals surface area contributed by atoms with E-state index in [4.69, 9.17) is 0 Å². The molecule has 0 amide bonds. The zero-order valence-electron chi connectivity index (χ0n) is 8.88. The van der Waals surface area contributed by atoms with E-state index < -0.39 is 0 Å². The minimum atomic E-state index is 0.803. The molecule has 0 bridgehead atoms. The van der Waals surface area contributed by atoms with Crippen molar-refractivity contribution in [1.29, 1.82) is 0 Å². The van der Waals surface area contributed by atoms with Gasteiger partial charge in [0, 0.05) is 0 Å². The highest BCUT2D eigenvalue weighted by atomic mass is 14.7. The molecule has 0 rings (SSSR count). The summed E-state index contributed by atoms with van der Waals surface area (Å²) in [7, 11) is 0. The topological polar surface area (TPSA) is 12.4 Å². The Morgan fingerprint density at radius 3 is 2.00 bits per heavy atom. The minimum absolute atomic E-state index is 0.803. The normalized spacial score (nSPS) is 11.0. The van der Waals surface area contributed by atoms with Crippen LogP contribution in [0.3, 0.4) is 0 Å². The molecule has 0 aromatic rings. The van der Waals surface area contributed by atoms with Gasteiger partial charge in [-0.25, -0.2) is 0 Å². The molecule has 0 radical (unpaired) electrons. The maximum absolute atomic E-state index is 3.82. The van der Waals surface area contributed by atoms with Crippen molar-refractivity contribution < 1.29 is 0 Å². The highest BCUT2D eigenvalue weighted by Crippen LogP contribution is 2.11. The Kier molecular flexibility index (Phi) is 11.6. The van der Waals surface area contributed by atoms with E-state index in [0.29, 0.717) is 0 Å². The van der Waals surface area contributed by atoms with Crippen LogP contribution in [0.5, 0.6) is 0 Å². The smallest absolute Gasteiger partial charge is 0.0690 e. The van der Waals surface area contributed by atoms with Crippen LogP contribution in [0, 0.1) is 0 Å². The van der Waals surface area contributed by atoms with E-state index >= 15 is 0 Å². The van der Waals surface area contributed by atoms with Crippen LogP contribution in [-0.2, 0) is 0 Å². The Morgan fingerprint density at radius 1 is 1.23 bits per heavy atom. The molecule has 13 heavy (non-hydrogen) atoms. The van der Waals surface area contributed by atoms with Crippen LogP contribution < -0.4 is 0 Å². The Balaban J connectivity index is 0. The van der Waals surface area contributed by atoms with Crippen LogP contribution in [-0.4, -0.2) is 6.72 Å². The van der Waals surface area contributed by atoms with Crippen molar-refractivity contribution >= 4 is 6.72 Å². The molecule has 0 unspecified atom stereocenters. The molecular weight excluding hydrogens is 158 g/mol. The van der Waals surface area contributed by atoms with E-state index in [1.807, 2.05) is 26.8 Å². The summed E-state index contributed by atoms with van der Waals surface area (Å²) in [6, 6.07) is 0. The van der Waals surface area contributed by atoms with Gasteiger partial charge in [0.1, 0.15) is 0 Å². The molecule has 0 aliphatic rings. The largest absolute Gasteiger partial charge is 0.264 e. The third-order valence-electron chi connectivity index (χ3n) is 1.27. The molecule has 72 valence electrons. The van der Waals surface area contributed by atoms with Gasteiger partial charge in [0.2, 0.25) is 0 Å². The van der Waals surface area contributed by atoms with Crippen molar-refractivity contribution in [3.05, 3.63) is 48.7 Å². The molecule has 0 saturated heterocycles. The van der Waals surface area contributed by atoms with Gasteiger partial charge >= 0.3 is 0 Å². The third-order valence-corrected chi connectivity index (χ3v) is 1.27. The fourth-order valence-electron chi connectivity index (χ4n) is 0.722. The van der Waals surface area contributed by atoms with Gasteiger partial charge in [0.15, 0.2) is 0 Å². The average molecular weight is 177 g/mol. The Labute approximate surface area is 81.9 Å². The standard InChI is InChI=1S/C10H13N.C2H6/c1-5-8-10(11-4)9(6-2)7-3;1-2/h5-8H,1-2,4H2,3H3;1-2H3/b9-7-,10-8+;. The van der Waals surface area contributed by atoms with E-state index in [2.05, 4.69) is 24.9 Å². The average Bonchev–Trinajstić information content (AvgIpc) is 2.21. The summed E-state index contributed by atoms with van der Waals surface area (Å²) in [6.45, 7) is 16.6. The van der Waals surface area contributed by atoms with Gasteiger partial charge in [-0.2, -0.15) is 0 Å². The van der Waals surface area contributed by atoms with Gasteiger partial charge in [-0.3, -0.25) is 4.99 Å². The lowest BCUT2D eigenvalue weighted by molar-refractivity contribution is 1.35. The second kappa shape index (κ2) is 10.6. The number of aliphatic imine (C=N–C) groups is 1. The van der Waals surface area contributed by atoms with Crippen LogP contribution in [0.2, 0.25) is 0 Å². The Bertz CT molecular complexity index is 219. The summed E-state index contributed by atoms with van der Waals surface area (Å²) < 4.78 is 0. The summed E-state index contributed by atoms with van der Waals surface area (Å²) in [4.78, 5) is 3.82. The molecule has 1 nitrogen and oxygen atoms in total. The molecular formula is C12H19N. The first-order valence-corrected chi connectivity index (χ1v) is 4.38. The number of allylic oxidation sites excluding steroid dienone is 4. The highest BCUT2D eigenvalue weighted by Gasteiger charge is 1.93. The van der Waals surface area contributed by atoms with Crippen molar-refractivity contribution in [3.8, 4) is 0 Å². The lowest BCUT2D eigenvalue weighted by atomic mass is 10.2. The first-order valence-electron chi connectivity index (χ1n) is 4.38. The molecule has 0 atom stereocenters. The molecule has 0 aromatic heterocycles. The quantitative estimate of drug-likeness (QED) is 0.456. The van der Waals surface area contributed by atoms with Crippen molar-refractivity contribution in [3.63, 3.8) is 0 Å². The van der Waals surface area contributed by atoms with E-state index in [0.717, 1.165) is 11.3 Å². The van der Waals surface area contributed by atoms with Gasteiger partial charge in [0.25, 0.3) is 0 Å². The molecule has 0 saturated carbocycles. The molecule has 0 heterocycles. The summed E-state index contributed by atoms with van der Waals surface area (Å²) in [6.07, 6.45) is 7.14. The van der Waals surface area contributed by atoms with Crippen LogP contribution >= 0.6 is 0 Å². The van der Waals surface area contributed by atoms with Crippen LogP contribution in [0.25, 0.3) is 0 Å². The molecule has 0 fully saturated rings. The maximum Gasteiger partial charge on any atom is 0.0690 e. The first kappa shape index (κ1) is 14.2.